The van der Waals surface area contributed by atoms with Crippen LogP contribution in [0, 0.1) is 0 Å². The van der Waals surface area contributed by atoms with Crippen LogP contribution in [0.2, 0.25) is 0 Å². The van der Waals surface area contributed by atoms with E-state index in [9.17, 15) is 9.59 Å². The molecule has 3 fully saturated rings. The van der Waals surface area contributed by atoms with Crippen molar-refractivity contribution in [3.63, 3.8) is 0 Å². The van der Waals surface area contributed by atoms with Crippen LogP contribution in [0.25, 0.3) is 0 Å². The number of esters is 1. The van der Waals surface area contributed by atoms with Gasteiger partial charge in [0.25, 0.3) is 0 Å². The number of alkyl carbamates (subject to hydrolysis) is 1. The molecule has 0 unspecified atom stereocenters. The average molecular weight is 299 g/mol. The molecule has 3 aliphatic rings. The Morgan fingerprint density at radius 1 is 1.19 bits per heavy atom. The van der Waals surface area contributed by atoms with Crippen LogP contribution in [0.15, 0.2) is 0 Å². The topological polar surface area (TPSA) is 73.9 Å². The molecule has 0 atom stereocenters. The fourth-order valence-corrected chi connectivity index (χ4v) is 2.86. The zero-order chi connectivity index (χ0) is 15.7. The van der Waals surface area contributed by atoms with Gasteiger partial charge in [-0.3, -0.25) is 4.79 Å². The second kappa shape index (κ2) is 5.48. The Morgan fingerprint density at radius 3 is 2.24 bits per heavy atom. The highest BCUT2D eigenvalue weighted by atomic mass is 16.6. The number of carbonyl (C=O) groups is 2. The van der Waals surface area contributed by atoms with E-state index in [2.05, 4.69) is 5.32 Å². The molecule has 1 aliphatic carbocycles. The predicted molar refractivity (Wildman–Crippen MR) is 75.9 cm³/mol. The molecule has 0 aromatic heterocycles. The lowest BCUT2D eigenvalue weighted by molar-refractivity contribution is -0.191. The fourth-order valence-electron chi connectivity index (χ4n) is 2.86. The number of hydrogen-bond acceptors (Lipinski definition) is 5. The molecule has 1 N–H and O–H groups in total. The molecular formula is C15H25NO5. The van der Waals surface area contributed by atoms with Crippen molar-refractivity contribution in [2.24, 2.45) is 0 Å². The van der Waals surface area contributed by atoms with E-state index in [1.807, 2.05) is 20.8 Å². The van der Waals surface area contributed by atoms with Gasteiger partial charge >= 0.3 is 12.1 Å². The van der Waals surface area contributed by atoms with Crippen LogP contribution in [-0.2, 0) is 19.0 Å². The molecule has 3 rings (SSSR count). The number of rotatable bonds is 3. The number of amides is 1. The molecule has 6 nitrogen and oxygen atoms in total. The summed E-state index contributed by atoms with van der Waals surface area (Å²) in [6.07, 6.45) is 2.77. The maximum absolute atomic E-state index is 11.9. The minimum atomic E-state index is -0.510. The first kappa shape index (κ1) is 16.1. The van der Waals surface area contributed by atoms with E-state index in [1.165, 1.54) is 6.92 Å². The van der Waals surface area contributed by atoms with Gasteiger partial charge in [0.2, 0.25) is 0 Å². The molecule has 2 saturated heterocycles. The highest BCUT2D eigenvalue weighted by molar-refractivity contribution is 5.69. The molecule has 1 amide bonds. The molecule has 0 spiro atoms. The average Bonchev–Trinajstić information content (AvgIpc) is 2.36. The summed E-state index contributed by atoms with van der Waals surface area (Å²) in [7, 11) is 0. The standard InChI is InChI=1S/C15H25NO5/c1-11(17)19-10-15-7-5-14(6-8-15,9-20-15)16-12(18)21-13(2,3)4/h5-10H2,1-4H3,(H,16,18). The minimum absolute atomic E-state index is 0.290. The van der Waals surface area contributed by atoms with Gasteiger partial charge in [-0.1, -0.05) is 0 Å². The van der Waals surface area contributed by atoms with Crippen LogP contribution in [0.4, 0.5) is 4.79 Å². The Bertz CT molecular complexity index is 402. The minimum Gasteiger partial charge on any atom is -0.463 e. The van der Waals surface area contributed by atoms with Crippen LogP contribution < -0.4 is 5.32 Å². The third-order valence-electron chi connectivity index (χ3n) is 4.08. The lowest BCUT2D eigenvalue weighted by atomic mass is 9.71. The van der Waals surface area contributed by atoms with Crippen molar-refractivity contribution < 1.29 is 23.8 Å². The lowest BCUT2D eigenvalue weighted by Crippen LogP contribution is -2.64. The maximum Gasteiger partial charge on any atom is 0.408 e. The molecule has 0 radical (unpaired) electrons. The molecule has 2 bridgehead atoms. The third-order valence-corrected chi connectivity index (χ3v) is 4.08. The van der Waals surface area contributed by atoms with E-state index in [4.69, 9.17) is 14.2 Å². The van der Waals surface area contributed by atoms with Crippen molar-refractivity contribution in [3.8, 4) is 0 Å². The van der Waals surface area contributed by atoms with Crippen LogP contribution in [0.5, 0.6) is 0 Å². The number of carbonyl (C=O) groups excluding carboxylic acids is 2. The van der Waals surface area contributed by atoms with Crippen molar-refractivity contribution in [1.29, 1.82) is 0 Å². The molecule has 0 aromatic carbocycles. The largest absolute Gasteiger partial charge is 0.463 e. The van der Waals surface area contributed by atoms with Crippen molar-refractivity contribution in [2.45, 2.75) is 70.1 Å². The highest BCUT2D eigenvalue weighted by Gasteiger charge is 2.51. The van der Waals surface area contributed by atoms with E-state index in [1.54, 1.807) is 0 Å². The summed E-state index contributed by atoms with van der Waals surface area (Å²) >= 11 is 0. The van der Waals surface area contributed by atoms with Crippen molar-refractivity contribution in [2.75, 3.05) is 13.2 Å². The van der Waals surface area contributed by atoms with Gasteiger partial charge in [0.15, 0.2) is 0 Å². The van der Waals surface area contributed by atoms with Crippen molar-refractivity contribution in [1.82, 2.24) is 5.32 Å². The summed E-state index contributed by atoms with van der Waals surface area (Å²) in [6, 6.07) is 0. The molecule has 2 heterocycles. The first-order chi connectivity index (χ1) is 9.64. The van der Waals surface area contributed by atoms with Gasteiger partial charge in [-0.05, 0) is 46.5 Å². The normalized spacial score (nSPS) is 31.6. The summed E-state index contributed by atoms with van der Waals surface area (Å²) in [4.78, 5) is 22.9. The summed E-state index contributed by atoms with van der Waals surface area (Å²) in [5, 5.41) is 2.96. The summed E-state index contributed by atoms with van der Waals surface area (Å²) in [5.41, 5.74) is -1.23. The third kappa shape index (κ3) is 4.09. The highest BCUT2D eigenvalue weighted by Crippen LogP contribution is 2.43. The molecule has 0 aromatic rings. The smallest absolute Gasteiger partial charge is 0.408 e. The van der Waals surface area contributed by atoms with Gasteiger partial charge in [0.1, 0.15) is 17.8 Å². The molecule has 2 aliphatic heterocycles. The number of nitrogens with one attached hydrogen (secondary N) is 1. The Kier molecular flexibility index (Phi) is 4.19. The van der Waals surface area contributed by atoms with Gasteiger partial charge in [-0.2, -0.15) is 0 Å². The lowest BCUT2D eigenvalue weighted by Gasteiger charge is -2.52. The van der Waals surface area contributed by atoms with Crippen molar-refractivity contribution in [3.05, 3.63) is 0 Å². The maximum atomic E-state index is 11.9. The first-order valence-corrected chi connectivity index (χ1v) is 7.42. The fraction of sp³-hybridized carbons (Fsp3) is 0.867. The Hall–Kier alpha value is -1.30. The number of ether oxygens (including phenoxy) is 3. The van der Waals surface area contributed by atoms with Crippen LogP contribution >= 0.6 is 0 Å². The summed E-state index contributed by atoms with van der Waals surface area (Å²) in [6.45, 7) is 7.65. The second-order valence-corrected chi connectivity index (χ2v) is 7.16. The zero-order valence-electron chi connectivity index (χ0n) is 13.3. The summed E-state index contributed by atoms with van der Waals surface area (Å²) < 4.78 is 16.3. The van der Waals surface area contributed by atoms with E-state index < -0.39 is 11.7 Å². The van der Waals surface area contributed by atoms with Gasteiger partial charge in [0, 0.05) is 6.92 Å². The molecule has 6 heteroatoms. The van der Waals surface area contributed by atoms with E-state index in [0.29, 0.717) is 13.2 Å². The summed E-state index contributed by atoms with van der Waals surface area (Å²) in [5.74, 6) is -0.290. The Balaban J connectivity index is 1.89. The Labute approximate surface area is 125 Å². The van der Waals surface area contributed by atoms with Crippen molar-refractivity contribution >= 4 is 12.1 Å². The molecule has 120 valence electrons. The van der Waals surface area contributed by atoms with E-state index >= 15 is 0 Å². The van der Waals surface area contributed by atoms with Gasteiger partial charge in [-0.25, -0.2) is 4.79 Å². The quantitative estimate of drug-likeness (QED) is 0.808. The number of fused-ring (bicyclic) bond motifs is 3. The van der Waals surface area contributed by atoms with Gasteiger partial charge < -0.3 is 19.5 Å². The SMILES string of the molecule is CC(=O)OCC12CCC(NC(=O)OC(C)(C)C)(CC1)CO2. The van der Waals surface area contributed by atoms with Crippen LogP contribution in [0.3, 0.4) is 0 Å². The zero-order valence-corrected chi connectivity index (χ0v) is 13.3. The number of hydrogen-bond donors (Lipinski definition) is 1. The van der Waals surface area contributed by atoms with Gasteiger partial charge in [0.05, 0.1) is 12.1 Å². The molecular weight excluding hydrogens is 274 g/mol. The van der Waals surface area contributed by atoms with Crippen LogP contribution in [-0.4, -0.2) is 42.0 Å². The van der Waals surface area contributed by atoms with Gasteiger partial charge in [-0.15, -0.1) is 0 Å². The Morgan fingerprint density at radius 2 is 1.81 bits per heavy atom. The predicted octanol–water partition coefficient (Wildman–Crippen LogP) is 2.16. The van der Waals surface area contributed by atoms with Crippen LogP contribution in [0.1, 0.15) is 53.4 Å². The van der Waals surface area contributed by atoms with E-state index in [-0.39, 0.29) is 17.1 Å². The molecule has 1 saturated carbocycles. The first-order valence-electron chi connectivity index (χ1n) is 7.42. The van der Waals surface area contributed by atoms with E-state index in [0.717, 1.165) is 25.7 Å². The second-order valence-electron chi connectivity index (χ2n) is 7.16. The molecule has 21 heavy (non-hydrogen) atoms. The monoisotopic (exact) mass is 299 g/mol.